The van der Waals surface area contributed by atoms with E-state index in [0.29, 0.717) is 12.6 Å². The molecule has 2 heterocycles. The Hall–Kier alpha value is -3.25. The van der Waals surface area contributed by atoms with E-state index in [-0.39, 0.29) is 5.92 Å². The van der Waals surface area contributed by atoms with Crippen molar-refractivity contribution in [3.05, 3.63) is 118 Å². The zero-order chi connectivity index (χ0) is 25.4. The third kappa shape index (κ3) is 4.31. The molecule has 0 spiro atoms. The van der Waals surface area contributed by atoms with Crippen LogP contribution >= 0.6 is 15.9 Å². The van der Waals surface area contributed by atoms with E-state index in [0.717, 1.165) is 33.9 Å². The first-order valence-electron chi connectivity index (χ1n) is 12.6. The van der Waals surface area contributed by atoms with Crippen molar-refractivity contribution in [2.45, 2.75) is 17.9 Å². The standard InChI is InChI=1S/C32H29BrN2O2/c1-35-18-17-32(37-21-35,28-14-8-12-22-9-6-7-13-26(22)28)30(23-10-4-3-5-11-23)27-20-24-19-25(33)15-16-29(24)34-31(27)36-2/h3-16,19-20,30H,17-18,21H2,1-2H3/t30-,32-/m1/s1. The van der Waals surface area contributed by atoms with Gasteiger partial charge in [-0.05, 0) is 59.6 Å². The zero-order valence-corrected chi connectivity index (χ0v) is 22.6. The highest BCUT2D eigenvalue weighted by atomic mass is 79.9. The van der Waals surface area contributed by atoms with Gasteiger partial charge < -0.3 is 9.47 Å². The van der Waals surface area contributed by atoms with Crippen LogP contribution in [0.2, 0.25) is 0 Å². The highest BCUT2D eigenvalue weighted by molar-refractivity contribution is 9.10. The number of ether oxygens (including phenoxy) is 2. The van der Waals surface area contributed by atoms with Crippen molar-refractivity contribution in [3.8, 4) is 5.88 Å². The maximum atomic E-state index is 7.01. The highest BCUT2D eigenvalue weighted by Crippen LogP contribution is 2.52. The lowest BCUT2D eigenvalue weighted by Crippen LogP contribution is -2.47. The fourth-order valence-corrected chi connectivity index (χ4v) is 6.15. The van der Waals surface area contributed by atoms with Gasteiger partial charge in [0, 0.05) is 27.9 Å². The molecule has 0 aliphatic carbocycles. The van der Waals surface area contributed by atoms with Crippen molar-refractivity contribution in [1.29, 1.82) is 0 Å². The van der Waals surface area contributed by atoms with Gasteiger partial charge in [0.25, 0.3) is 0 Å². The average molecular weight is 554 g/mol. The predicted molar refractivity (Wildman–Crippen MR) is 153 cm³/mol. The molecule has 6 rings (SSSR count). The van der Waals surface area contributed by atoms with Crippen molar-refractivity contribution < 1.29 is 9.47 Å². The smallest absolute Gasteiger partial charge is 0.217 e. The van der Waals surface area contributed by atoms with Crippen LogP contribution in [0.5, 0.6) is 5.88 Å². The molecule has 1 aliphatic rings. The fraction of sp³-hybridized carbons (Fsp3) is 0.219. The summed E-state index contributed by atoms with van der Waals surface area (Å²) in [5, 5.41) is 3.49. The van der Waals surface area contributed by atoms with E-state index < -0.39 is 5.60 Å². The minimum atomic E-state index is -0.622. The third-order valence-electron chi connectivity index (χ3n) is 7.53. The quantitative estimate of drug-likeness (QED) is 0.226. The van der Waals surface area contributed by atoms with Crippen molar-refractivity contribution >= 4 is 37.6 Å². The largest absolute Gasteiger partial charge is 0.481 e. The molecule has 37 heavy (non-hydrogen) atoms. The van der Waals surface area contributed by atoms with Crippen molar-refractivity contribution in [3.63, 3.8) is 0 Å². The SMILES string of the molecule is COc1nc2ccc(Br)cc2cc1[C@@H](c1ccccc1)[C@]1(c2cccc3ccccc23)CCN(C)CO1. The normalized spacial score (nSPS) is 19.2. The van der Waals surface area contributed by atoms with Crippen molar-refractivity contribution in [1.82, 2.24) is 9.88 Å². The van der Waals surface area contributed by atoms with Gasteiger partial charge in [0.05, 0.1) is 12.6 Å². The first kappa shape index (κ1) is 24.1. The summed E-state index contributed by atoms with van der Waals surface area (Å²) < 4.78 is 14.0. The van der Waals surface area contributed by atoms with Crippen LogP contribution in [0.1, 0.15) is 29.0 Å². The minimum absolute atomic E-state index is 0.140. The average Bonchev–Trinajstić information content (AvgIpc) is 2.94. The van der Waals surface area contributed by atoms with Gasteiger partial charge in [-0.3, -0.25) is 4.90 Å². The highest BCUT2D eigenvalue weighted by Gasteiger charge is 2.47. The van der Waals surface area contributed by atoms with Crippen LogP contribution in [0.3, 0.4) is 0 Å². The molecule has 0 bridgehead atoms. The minimum Gasteiger partial charge on any atom is -0.481 e. The lowest BCUT2D eigenvalue weighted by Gasteiger charge is -2.47. The van der Waals surface area contributed by atoms with Crippen molar-refractivity contribution in [2.24, 2.45) is 0 Å². The molecule has 2 atom stereocenters. The third-order valence-corrected chi connectivity index (χ3v) is 8.02. The number of halogens is 1. The number of aromatic nitrogens is 1. The number of pyridine rings is 1. The molecule has 5 heteroatoms. The van der Waals surface area contributed by atoms with Crippen LogP contribution in [0.25, 0.3) is 21.7 Å². The van der Waals surface area contributed by atoms with E-state index >= 15 is 0 Å². The van der Waals surface area contributed by atoms with E-state index in [4.69, 9.17) is 14.5 Å². The Labute approximate surface area is 226 Å². The van der Waals surface area contributed by atoms with Crippen molar-refractivity contribution in [2.75, 3.05) is 27.4 Å². The molecule has 0 amide bonds. The van der Waals surface area contributed by atoms with Crippen LogP contribution in [-0.4, -0.2) is 37.3 Å². The summed E-state index contributed by atoms with van der Waals surface area (Å²) in [6.07, 6.45) is 0.830. The topological polar surface area (TPSA) is 34.6 Å². The van der Waals surface area contributed by atoms with Crippen LogP contribution in [-0.2, 0) is 10.3 Å². The molecule has 5 aromatic rings. The van der Waals surface area contributed by atoms with Crippen LogP contribution in [0, 0.1) is 0 Å². The number of hydrogen-bond donors (Lipinski definition) is 0. The Bertz CT molecular complexity index is 1560. The Morgan fingerprint density at radius 1 is 0.919 bits per heavy atom. The van der Waals surface area contributed by atoms with Gasteiger partial charge in [-0.2, -0.15) is 0 Å². The van der Waals surface area contributed by atoms with Gasteiger partial charge in [-0.15, -0.1) is 0 Å². The first-order valence-corrected chi connectivity index (χ1v) is 13.4. The second kappa shape index (κ2) is 9.90. The molecule has 1 saturated heterocycles. The maximum absolute atomic E-state index is 7.01. The summed E-state index contributed by atoms with van der Waals surface area (Å²) >= 11 is 3.64. The number of benzene rings is 4. The van der Waals surface area contributed by atoms with Gasteiger partial charge >= 0.3 is 0 Å². The van der Waals surface area contributed by atoms with Crippen LogP contribution in [0.4, 0.5) is 0 Å². The lowest BCUT2D eigenvalue weighted by atomic mass is 9.70. The molecular weight excluding hydrogens is 524 g/mol. The maximum Gasteiger partial charge on any atom is 0.217 e. The van der Waals surface area contributed by atoms with Gasteiger partial charge in [0.1, 0.15) is 12.3 Å². The number of rotatable bonds is 5. The predicted octanol–water partition coefficient (Wildman–Crippen LogP) is 7.50. The summed E-state index contributed by atoms with van der Waals surface area (Å²) in [6, 6.07) is 34.2. The molecule has 1 aliphatic heterocycles. The molecule has 1 aromatic heterocycles. The van der Waals surface area contributed by atoms with Gasteiger partial charge in [-0.25, -0.2) is 4.98 Å². The monoisotopic (exact) mass is 552 g/mol. The van der Waals surface area contributed by atoms with Gasteiger partial charge in [0.2, 0.25) is 5.88 Å². The van der Waals surface area contributed by atoms with E-state index in [1.165, 1.54) is 21.9 Å². The van der Waals surface area contributed by atoms with E-state index in [1.54, 1.807) is 7.11 Å². The van der Waals surface area contributed by atoms with Gasteiger partial charge in [-0.1, -0.05) is 88.7 Å². The van der Waals surface area contributed by atoms with E-state index in [2.05, 4.69) is 113 Å². The first-order chi connectivity index (χ1) is 18.1. The van der Waals surface area contributed by atoms with E-state index in [1.807, 2.05) is 12.1 Å². The van der Waals surface area contributed by atoms with Crippen LogP contribution in [0.15, 0.2) is 102 Å². The molecular formula is C32H29BrN2O2. The molecule has 0 saturated carbocycles. The Kier molecular flexibility index (Phi) is 6.45. The number of nitrogens with zero attached hydrogens (tertiary/aromatic N) is 2. The summed E-state index contributed by atoms with van der Waals surface area (Å²) in [5.41, 5.74) is 3.68. The zero-order valence-electron chi connectivity index (χ0n) is 21.0. The molecule has 0 N–H and O–H groups in total. The molecule has 4 nitrogen and oxygen atoms in total. The summed E-state index contributed by atoms with van der Waals surface area (Å²) in [6.45, 7) is 1.46. The molecule has 186 valence electrons. The summed E-state index contributed by atoms with van der Waals surface area (Å²) in [4.78, 5) is 7.20. The second-order valence-electron chi connectivity index (χ2n) is 9.79. The summed E-state index contributed by atoms with van der Waals surface area (Å²) in [7, 11) is 3.82. The molecule has 1 fully saturated rings. The molecule has 0 radical (unpaired) electrons. The fourth-order valence-electron chi connectivity index (χ4n) is 5.77. The molecule has 4 aromatic carbocycles. The lowest BCUT2D eigenvalue weighted by molar-refractivity contribution is -0.145. The number of hydrogen-bond acceptors (Lipinski definition) is 4. The van der Waals surface area contributed by atoms with Gasteiger partial charge in [0.15, 0.2) is 0 Å². The number of fused-ring (bicyclic) bond motifs is 2. The molecule has 0 unspecified atom stereocenters. The summed E-state index contributed by atoms with van der Waals surface area (Å²) in [5.74, 6) is 0.491. The Balaban J connectivity index is 1.68. The Morgan fingerprint density at radius 3 is 2.49 bits per heavy atom. The van der Waals surface area contributed by atoms with E-state index in [9.17, 15) is 0 Å². The van der Waals surface area contributed by atoms with Crippen LogP contribution < -0.4 is 4.74 Å². The second-order valence-corrected chi connectivity index (χ2v) is 10.7. The Morgan fingerprint density at radius 2 is 1.70 bits per heavy atom. The number of methoxy groups -OCH3 is 1.